The lowest BCUT2D eigenvalue weighted by Gasteiger charge is -2.32. The zero-order chi connectivity index (χ0) is 17.8. The van der Waals surface area contributed by atoms with Crippen LogP contribution in [0.5, 0.6) is 17.4 Å². The Balaban J connectivity index is 1.30. The molecule has 2 aliphatic heterocycles. The first kappa shape index (κ1) is 16.4. The van der Waals surface area contributed by atoms with Crippen molar-refractivity contribution in [2.75, 3.05) is 19.9 Å². The first-order valence-electron chi connectivity index (χ1n) is 8.62. The average Bonchev–Trinajstić information content (AvgIpc) is 3.15. The van der Waals surface area contributed by atoms with Crippen molar-refractivity contribution < 1.29 is 19.0 Å². The van der Waals surface area contributed by atoms with Gasteiger partial charge >= 0.3 is 6.03 Å². The average molecular weight is 356 g/mol. The summed E-state index contributed by atoms with van der Waals surface area (Å²) in [6.07, 6.45) is 6.48. The minimum atomic E-state index is -0.102. The molecule has 0 aliphatic carbocycles. The summed E-state index contributed by atoms with van der Waals surface area (Å²) in [5, 5.41) is 2.95. The second-order valence-corrected chi connectivity index (χ2v) is 6.22. The zero-order valence-corrected chi connectivity index (χ0v) is 14.3. The molecule has 1 fully saturated rings. The fourth-order valence-corrected chi connectivity index (χ4v) is 3.08. The van der Waals surface area contributed by atoms with Crippen LogP contribution >= 0.6 is 0 Å². The second kappa shape index (κ2) is 7.47. The standard InChI is InChI=1S/C18H20N4O4/c23-18(21-9-13-3-4-15-16(8-13)25-12-24-15)22-7-1-2-14(11-22)26-17-10-19-5-6-20-17/h3-6,8,10,14H,1-2,7,9,11-12H2,(H,21,23)/t14-/m0/s1. The van der Waals surface area contributed by atoms with Gasteiger partial charge < -0.3 is 24.4 Å². The van der Waals surface area contributed by atoms with Crippen molar-refractivity contribution in [1.29, 1.82) is 0 Å². The van der Waals surface area contributed by atoms with E-state index in [1.54, 1.807) is 23.5 Å². The molecule has 1 N–H and O–H groups in total. The Kier molecular flexibility index (Phi) is 4.72. The van der Waals surface area contributed by atoms with Crippen LogP contribution in [0, 0.1) is 0 Å². The van der Waals surface area contributed by atoms with E-state index < -0.39 is 0 Å². The fraction of sp³-hybridized carbons (Fsp3) is 0.389. The van der Waals surface area contributed by atoms with Gasteiger partial charge in [0.05, 0.1) is 12.7 Å². The van der Waals surface area contributed by atoms with Gasteiger partial charge in [-0.25, -0.2) is 9.78 Å². The van der Waals surface area contributed by atoms with Gasteiger partial charge in [0.15, 0.2) is 11.5 Å². The van der Waals surface area contributed by atoms with Crippen LogP contribution in [0.2, 0.25) is 0 Å². The molecule has 3 heterocycles. The number of benzene rings is 1. The van der Waals surface area contributed by atoms with Gasteiger partial charge in [0.1, 0.15) is 6.10 Å². The number of ether oxygens (including phenoxy) is 3. The third-order valence-electron chi connectivity index (χ3n) is 4.37. The summed E-state index contributed by atoms with van der Waals surface area (Å²) >= 11 is 0. The molecule has 1 atom stereocenters. The van der Waals surface area contributed by atoms with E-state index in [-0.39, 0.29) is 18.9 Å². The van der Waals surface area contributed by atoms with E-state index in [1.165, 1.54) is 0 Å². The number of aromatic nitrogens is 2. The molecule has 0 radical (unpaired) electrons. The molecule has 4 rings (SSSR count). The van der Waals surface area contributed by atoms with E-state index >= 15 is 0 Å². The Morgan fingerprint density at radius 2 is 2.23 bits per heavy atom. The van der Waals surface area contributed by atoms with Crippen LogP contribution < -0.4 is 19.5 Å². The Morgan fingerprint density at radius 1 is 1.31 bits per heavy atom. The predicted molar refractivity (Wildman–Crippen MR) is 92.1 cm³/mol. The summed E-state index contributed by atoms with van der Waals surface area (Å²) < 4.78 is 16.5. The Hall–Kier alpha value is -3.03. The van der Waals surface area contributed by atoms with Crippen LogP contribution in [0.25, 0.3) is 0 Å². The lowest BCUT2D eigenvalue weighted by atomic mass is 10.1. The molecule has 0 unspecified atom stereocenters. The molecule has 136 valence electrons. The van der Waals surface area contributed by atoms with Gasteiger partial charge in [-0.15, -0.1) is 0 Å². The number of urea groups is 1. The first-order chi connectivity index (χ1) is 12.8. The van der Waals surface area contributed by atoms with Gasteiger partial charge in [-0.1, -0.05) is 6.07 Å². The van der Waals surface area contributed by atoms with Crippen molar-refractivity contribution in [2.45, 2.75) is 25.5 Å². The number of carbonyl (C=O) groups excluding carboxylic acids is 1. The summed E-state index contributed by atoms with van der Waals surface area (Å²) in [6.45, 7) is 1.92. The quantitative estimate of drug-likeness (QED) is 0.901. The predicted octanol–water partition coefficient (Wildman–Crippen LogP) is 1.96. The van der Waals surface area contributed by atoms with E-state index in [0.29, 0.717) is 31.3 Å². The van der Waals surface area contributed by atoms with Crippen LogP contribution in [0.15, 0.2) is 36.8 Å². The number of hydrogen-bond acceptors (Lipinski definition) is 6. The van der Waals surface area contributed by atoms with Crippen molar-refractivity contribution in [3.05, 3.63) is 42.4 Å². The molecule has 26 heavy (non-hydrogen) atoms. The largest absolute Gasteiger partial charge is 0.471 e. The van der Waals surface area contributed by atoms with Gasteiger partial charge in [-0.05, 0) is 30.5 Å². The Morgan fingerprint density at radius 3 is 3.12 bits per heavy atom. The molecular weight excluding hydrogens is 336 g/mol. The molecule has 8 nitrogen and oxygen atoms in total. The number of carbonyl (C=O) groups is 1. The highest BCUT2D eigenvalue weighted by Gasteiger charge is 2.25. The summed E-state index contributed by atoms with van der Waals surface area (Å²) in [5.41, 5.74) is 0.965. The monoisotopic (exact) mass is 356 g/mol. The maximum absolute atomic E-state index is 12.5. The van der Waals surface area contributed by atoms with Gasteiger partial charge in [-0.3, -0.25) is 4.98 Å². The third kappa shape index (κ3) is 3.79. The first-order valence-corrected chi connectivity index (χ1v) is 8.62. The molecule has 2 amide bonds. The van der Waals surface area contributed by atoms with Crippen molar-refractivity contribution in [2.24, 2.45) is 0 Å². The van der Waals surface area contributed by atoms with Gasteiger partial charge in [0, 0.05) is 25.5 Å². The molecule has 0 bridgehead atoms. The minimum absolute atomic E-state index is 0.0725. The molecule has 0 spiro atoms. The molecule has 1 aromatic heterocycles. The van der Waals surface area contributed by atoms with Gasteiger partial charge in [0.25, 0.3) is 0 Å². The van der Waals surface area contributed by atoms with Crippen molar-refractivity contribution in [1.82, 2.24) is 20.2 Å². The summed E-state index contributed by atoms with van der Waals surface area (Å²) in [5.74, 6) is 1.94. The fourth-order valence-electron chi connectivity index (χ4n) is 3.08. The lowest BCUT2D eigenvalue weighted by Crippen LogP contribution is -2.48. The SMILES string of the molecule is O=C(NCc1ccc2c(c1)OCO2)N1CCC[C@H](Oc2cnccn2)C1. The number of hydrogen-bond donors (Lipinski definition) is 1. The maximum Gasteiger partial charge on any atom is 0.317 e. The number of amides is 2. The number of fused-ring (bicyclic) bond motifs is 1. The van der Waals surface area contributed by atoms with Gasteiger partial charge in [-0.2, -0.15) is 0 Å². The smallest absolute Gasteiger partial charge is 0.317 e. The maximum atomic E-state index is 12.5. The van der Waals surface area contributed by atoms with Crippen LogP contribution in [-0.4, -0.2) is 46.9 Å². The van der Waals surface area contributed by atoms with Crippen molar-refractivity contribution in [3.63, 3.8) is 0 Å². The minimum Gasteiger partial charge on any atom is -0.471 e. The number of nitrogens with one attached hydrogen (secondary N) is 1. The van der Waals surface area contributed by atoms with E-state index in [4.69, 9.17) is 14.2 Å². The molecular formula is C18H20N4O4. The van der Waals surface area contributed by atoms with Crippen molar-refractivity contribution >= 4 is 6.03 Å². The van der Waals surface area contributed by atoms with Crippen LogP contribution in [-0.2, 0) is 6.54 Å². The lowest BCUT2D eigenvalue weighted by molar-refractivity contribution is 0.0974. The molecule has 1 aromatic carbocycles. The van der Waals surface area contributed by atoms with E-state index in [2.05, 4.69) is 15.3 Å². The topological polar surface area (TPSA) is 85.8 Å². The van der Waals surface area contributed by atoms with Crippen LogP contribution in [0.4, 0.5) is 4.79 Å². The van der Waals surface area contributed by atoms with Gasteiger partial charge in [0.2, 0.25) is 12.7 Å². The zero-order valence-electron chi connectivity index (χ0n) is 14.3. The van der Waals surface area contributed by atoms with Crippen LogP contribution in [0.3, 0.4) is 0 Å². The highest BCUT2D eigenvalue weighted by Crippen LogP contribution is 2.32. The summed E-state index contributed by atoms with van der Waals surface area (Å²) in [7, 11) is 0. The van der Waals surface area contributed by atoms with E-state index in [0.717, 1.165) is 24.2 Å². The third-order valence-corrected chi connectivity index (χ3v) is 4.37. The molecule has 2 aliphatic rings. The van der Waals surface area contributed by atoms with Crippen LogP contribution in [0.1, 0.15) is 18.4 Å². The number of rotatable bonds is 4. The molecule has 8 heteroatoms. The number of piperidine rings is 1. The normalized spacial score (nSPS) is 18.5. The van der Waals surface area contributed by atoms with E-state index in [1.807, 2.05) is 18.2 Å². The molecule has 1 saturated heterocycles. The Labute approximate surface area is 151 Å². The molecule has 2 aromatic rings. The van der Waals surface area contributed by atoms with E-state index in [9.17, 15) is 4.79 Å². The highest BCUT2D eigenvalue weighted by molar-refractivity contribution is 5.74. The number of nitrogens with zero attached hydrogens (tertiary/aromatic N) is 3. The summed E-state index contributed by atoms with van der Waals surface area (Å²) in [4.78, 5) is 22.4. The number of likely N-dealkylation sites (tertiary alicyclic amines) is 1. The molecule has 0 saturated carbocycles. The highest BCUT2D eigenvalue weighted by atomic mass is 16.7. The van der Waals surface area contributed by atoms with Crippen molar-refractivity contribution in [3.8, 4) is 17.4 Å². The summed E-state index contributed by atoms with van der Waals surface area (Å²) in [6, 6.07) is 5.56. The Bertz CT molecular complexity index is 771. The second-order valence-electron chi connectivity index (χ2n) is 6.22.